The molecule has 2 aromatic carbocycles. The number of para-hydroxylation sites is 1. The van der Waals surface area contributed by atoms with Gasteiger partial charge >= 0.3 is 5.97 Å². The van der Waals surface area contributed by atoms with Gasteiger partial charge in [-0.05, 0) is 42.0 Å². The highest BCUT2D eigenvalue weighted by atomic mass is 35.5. The van der Waals surface area contributed by atoms with Crippen molar-refractivity contribution in [1.29, 1.82) is 0 Å². The maximum absolute atomic E-state index is 11.8. The number of fused-ring (bicyclic) bond motifs is 1. The minimum Gasteiger partial charge on any atom is -0.480 e. The van der Waals surface area contributed by atoms with E-state index in [9.17, 15) is 9.90 Å². The van der Waals surface area contributed by atoms with E-state index in [4.69, 9.17) is 27.6 Å². The molecule has 4 aromatic rings. The van der Waals surface area contributed by atoms with Gasteiger partial charge in [-0.25, -0.2) is 0 Å². The zero-order valence-corrected chi connectivity index (χ0v) is 16.8. The Morgan fingerprint density at radius 1 is 1.14 bits per heavy atom. The fourth-order valence-electron chi connectivity index (χ4n) is 3.30. The molecule has 148 valence electrons. The van der Waals surface area contributed by atoms with E-state index in [-0.39, 0.29) is 6.54 Å². The zero-order chi connectivity index (χ0) is 20.4. The molecule has 2 aromatic heterocycles. The maximum Gasteiger partial charge on any atom is 0.321 e. The maximum atomic E-state index is 11.8. The molecule has 0 amide bonds. The van der Waals surface area contributed by atoms with Crippen LogP contribution >= 0.6 is 23.2 Å². The van der Waals surface area contributed by atoms with Crippen LogP contribution in [0.1, 0.15) is 11.3 Å². The monoisotopic (exact) mass is 428 g/mol. The van der Waals surface area contributed by atoms with Crippen LogP contribution in [-0.2, 0) is 17.8 Å². The second kappa shape index (κ2) is 8.33. The molecule has 1 atom stereocenters. The highest BCUT2D eigenvalue weighted by Crippen LogP contribution is 2.31. The Labute approximate surface area is 177 Å². The molecule has 3 N–H and O–H groups in total. The number of hydrogen-bond donors (Lipinski definition) is 3. The van der Waals surface area contributed by atoms with E-state index in [1.165, 1.54) is 0 Å². The average Bonchev–Trinajstić information content (AvgIpc) is 3.32. The van der Waals surface area contributed by atoms with Gasteiger partial charge in [-0.15, -0.1) is 0 Å². The van der Waals surface area contributed by atoms with Gasteiger partial charge < -0.3 is 14.5 Å². The van der Waals surface area contributed by atoms with Crippen molar-refractivity contribution in [3.63, 3.8) is 0 Å². The summed E-state index contributed by atoms with van der Waals surface area (Å²) in [7, 11) is 0. The summed E-state index contributed by atoms with van der Waals surface area (Å²) in [6.07, 6.45) is 2.21. The molecule has 2 heterocycles. The lowest BCUT2D eigenvalue weighted by Gasteiger charge is -2.13. The molecular formula is C22H18Cl2N2O3. The summed E-state index contributed by atoms with van der Waals surface area (Å²) in [5.74, 6) is 0.311. The number of H-pyrrole nitrogens is 1. The van der Waals surface area contributed by atoms with Crippen molar-refractivity contribution in [2.24, 2.45) is 0 Å². The Kier molecular flexibility index (Phi) is 5.62. The summed E-state index contributed by atoms with van der Waals surface area (Å²) in [6, 6.07) is 15.9. The first kappa shape index (κ1) is 19.6. The second-order valence-electron chi connectivity index (χ2n) is 6.73. The number of furan rings is 1. The third-order valence-corrected chi connectivity index (χ3v) is 5.33. The predicted molar refractivity (Wildman–Crippen MR) is 114 cm³/mol. The number of halogens is 2. The molecule has 0 aliphatic heterocycles. The van der Waals surface area contributed by atoms with E-state index in [1.807, 2.05) is 36.5 Å². The Bertz CT molecular complexity index is 1170. The van der Waals surface area contributed by atoms with Crippen molar-refractivity contribution >= 4 is 40.1 Å². The minimum atomic E-state index is -0.914. The molecule has 29 heavy (non-hydrogen) atoms. The first-order valence-corrected chi connectivity index (χ1v) is 9.82. The van der Waals surface area contributed by atoms with E-state index in [0.29, 0.717) is 28.0 Å². The van der Waals surface area contributed by atoms with Gasteiger partial charge in [0.2, 0.25) is 0 Å². The third kappa shape index (κ3) is 4.32. The Morgan fingerprint density at radius 2 is 1.97 bits per heavy atom. The van der Waals surface area contributed by atoms with Crippen LogP contribution in [0.5, 0.6) is 0 Å². The van der Waals surface area contributed by atoms with E-state index >= 15 is 0 Å². The highest BCUT2D eigenvalue weighted by Gasteiger charge is 2.20. The van der Waals surface area contributed by atoms with Gasteiger partial charge in [-0.1, -0.05) is 41.4 Å². The number of carboxylic acid groups (broad SMARTS) is 1. The molecule has 0 fully saturated rings. The van der Waals surface area contributed by atoms with Crippen LogP contribution in [0.25, 0.3) is 22.2 Å². The molecule has 4 rings (SSSR count). The molecular weight excluding hydrogens is 411 g/mol. The summed E-state index contributed by atoms with van der Waals surface area (Å²) < 4.78 is 5.84. The van der Waals surface area contributed by atoms with E-state index in [2.05, 4.69) is 10.3 Å². The van der Waals surface area contributed by atoms with Crippen molar-refractivity contribution in [1.82, 2.24) is 10.3 Å². The summed E-state index contributed by atoms with van der Waals surface area (Å²) in [4.78, 5) is 14.9. The molecule has 5 nitrogen and oxygen atoms in total. The fraction of sp³-hybridized carbons (Fsp3) is 0.136. The van der Waals surface area contributed by atoms with Gasteiger partial charge in [0.25, 0.3) is 0 Å². The van der Waals surface area contributed by atoms with Crippen LogP contribution < -0.4 is 5.32 Å². The number of carbonyl (C=O) groups is 1. The molecule has 0 saturated heterocycles. The standard InChI is InChI=1S/C22H18Cl2N2O3/c23-14-5-7-17(18(24)10-14)21-8-6-15(29-21)12-26-20(22(27)28)9-13-11-25-19-4-2-1-3-16(13)19/h1-8,10-11,20,25-26H,9,12H2,(H,27,28)/t20-/m0/s1. The summed E-state index contributed by atoms with van der Waals surface area (Å²) >= 11 is 12.2. The van der Waals surface area contributed by atoms with Gasteiger partial charge in [-0.2, -0.15) is 0 Å². The number of hydrogen-bond acceptors (Lipinski definition) is 3. The lowest BCUT2D eigenvalue weighted by Crippen LogP contribution is -2.37. The van der Waals surface area contributed by atoms with Gasteiger partial charge in [0, 0.05) is 34.1 Å². The molecule has 0 aliphatic carbocycles. The molecule has 0 aliphatic rings. The normalized spacial score (nSPS) is 12.3. The minimum absolute atomic E-state index is 0.282. The smallest absolute Gasteiger partial charge is 0.321 e. The van der Waals surface area contributed by atoms with Crippen LogP contribution in [0.3, 0.4) is 0 Å². The lowest BCUT2D eigenvalue weighted by molar-refractivity contribution is -0.139. The van der Waals surface area contributed by atoms with Crippen molar-refractivity contribution < 1.29 is 14.3 Å². The fourth-order valence-corrected chi connectivity index (χ4v) is 3.80. The molecule has 0 spiro atoms. The third-order valence-electron chi connectivity index (χ3n) is 4.78. The van der Waals surface area contributed by atoms with Gasteiger partial charge in [0.15, 0.2) is 0 Å². The summed E-state index contributed by atoms with van der Waals surface area (Å²) in [5, 5.41) is 14.8. The topological polar surface area (TPSA) is 78.3 Å². The molecule has 0 saturated carbocycles. The lowest BCUT2D eigenvalue weighted by atomic mass is 10.0. The first-order chi connectivity index (χ1) is 14.0. The van der Waals surface area contributed by atoms with Crippen molar-refractivity contribution in [3.05, 3.63) is 82.2 Å². The molecule has 0 unspecified atom stereocenters. The largest absolute Gasteiger partial charge is 0.480 e. The summed E-state index contributed by atoms with van der Waals surface area (Å²) in [6.45, 7) is 0.282. The average molecular weight is 429 g/mol. The Morgan fingerprint density at radius 3 is 2.76 bits per heavy atom. The van der Waals surface area contributed by atoms with Crippen LogP contribution in [0.4, 0.5) is 0 Å². The number of carboxylic acids is 1. The molecule has 0 bridgehead atoms. The van der Waals surface area contributed by atoms with Crippen LogP contribution in [-0.4, -0.2) is 22.1 Å². The van der Waals surface area contributed by atoms with Gasteiger partial charge in [0.1, 0.15) is 17.6 Å². The predicted octanol–water partition coefficient (Wildman–Crippen LogP) is 5.52. The first-order valence-electron chi connectivity index (χ1n) is 9.06. The van der Waals surface area contributed by atoms with Gasteiger partial charge in [0.05, 0.1) is 11.6 Å². The van der Waals surface area contributed by atoms with Crippen molar-refractivity contribution in [3.8, 4) is 11.3 Å². The van der Waals surface area contributed by atoms with E-state index in [1.54, 1.807) is 24.3 Å². The molecule has 7 heteroatoms. The van der Waals surface area contributed by atoms with Crippen molar-refractivity contribution in [2.45, 2.75) is 19.0 Å². The highest BCUT2D eigenvalue weighted by molar-refractivity contribution is 6.36. The quantitative estimate of drug-likeness (QED) is 0.362. The number of nitrogens with one attached hydrogen (secondary N) is 2. The van der Waals surface area contributed by atoms with Crippen molar-refractivity contribution in [2.75, 3.05) is 0 Å². The number of aliphatic carboxylic acids is 1. The SMILES string of the molecule is O=C(O)[C@H](Cc1c[nH]c2ccccc12)NCc1ccc(-c2ccc(Cl)cc2Cl)o1. The number of rotatable bonds is 7. The van der Waals surface area contributed by atoms with Crippen LogP contribution in [0, 0.1) is 0 Å². The number of aromatic nitrogens is 1. The second-order valence-corrected chi connectivity index (χ2v) is 7.57. The van der Waals surface area contributed by atoms with E-state index in [0.717, 1.165) is 22.0 Å². The Balaban J connectivity index is 1.46. The van der Waals surface area contributed by atoms with Crippen LogP contribution in [0.15, 0.2) is 65.2 Å². The zero-order valence-electron chi connectivity index (χ0n) is 15.3. The molecule has 0 radical (unpaired) electrons. The number of benzene rings is 2. The van der Waals surface area contributed by atoms with Crippen LogP contribution in [0.2, 0.25) is 10.0 Å². The Hall–Kier alpha value is -2.73. The van der Waals surface area contributed by atoms with Gasteiger partial charge in [-0.3, -0.25) is 10.1 Å². The number of aromatic amines is 1. The van der Waals surface area contributed by atoms with E-state index < -0.39 is 12.0 Å². The summed E-state index contributed by atoms with van der Waals surface area (Å²) in [5.41, 5.74) is 2.67.